The molecule has 2 fully saturated rings. The first kappa shape index (κ1) is 15.9. The van der Waals surface area contributed by atoms with Crippen molar-refractivity contribution >= 4 is 0 Å². The SMILES string of the molecule is CC(CC1CCCCC1)NCc1ccccc1OC1CCC1. The lowest BCUT2D eigenvalue weighted by molar-refractivity contribution is 0.119. The van der Waals surface area contributed by atoms with E-state index in [2.05, 4.69) is 36.5 Å². The highest BCUT2D eigenvalue weighted by molar-refractivity contribution is 5.33. The average Bonchev–Trinajstić information content (AvgIpc) is 2.51. The molecule has 0 saturated heterocycles. The summed E-state index contributed by atoms with van der Waals surface area (Å²) >= 11 is 0. The highest BCUT2D eigenvalue weighted by Crippen LogP contribution is 2.29. The molecule has 0 radical (unpaired) electrons. The second-order valence-electron chi connectivity index (χ2n) is 7.30. The van der Waals surface area contributed by atoms with Crippen LogP contribution in [-0.4, -0.2) is 12.1 Å². The normalized spacial score (nSPS) is 21.3. The monoisotopic (exact) mass is 301 g/mol. The predicted molar refractivity (Wildman–Crippen MR) is 92.2 cm³/mol. The molecule has 0 spiro atoms. The predicted octanol–water partition coefficient (Wildman–Crippen LogP) is 5.07. The molecule has 0 bridgehead atoms. The van der Waals surface area contributed by atoms with Gasteiger partial charge in [-0.25, -0.2) is 0 Å². The van der Waals surface area contributed by atoms with Crippen LogP contribution in [0.5, 0.6) is 5.75 Å². The molecule has 0 aromatic heterocycles. The van der Waals surface area contributed by atoms with E-state index >= 15 is 0 Å². The molecule has 3 rings (SSSR count). The summed E-state index contributed by atoms with van der Waals surface area (Å²) in [4.78, 5) is 0. The van der Waals surface area contributed by atoms with Crippen LogP contribution in [0.4, 0.5) is 0 Å². The van der Waals surface area contributed by atoms with Gasteiger partial charge in [0, 0.05) is 18.2 Å². The van der Waals surface area contributed by atoms with Gasteiger partial charge in [-0.15, -0.1) is 0 Å². The van der Waals surface area contributed by atoms with Crippen molar-refractivity contribution < 1.29 is 4.74 Å². The molecule has 122 valence electrons. The van der Waals surface area contributed by atoms with Gasteiger partial charge in [-0.2, -0.15) is 0 Å². The van der Waals surface area contributed by atoms with E-state index in [4.69, 9.17) is 4.74 Å². The fourth-order valence-corrected chi connectivity index (χ4v) is 3.72. The number of rotatable bonds is 7. The minimum atomic E-state index is 0.459. The summed E-state index contributed by atoms with van der Waals surface area (Å²) < 4.78 is 6.12. The second-order valence-corrected chi connectivity index (χ2v) is 7.30. The van der Waals surface area contributed by atoms with E-state index in [0.717, 1.165) is 18.2 Å². The molecule has 1 aromatic rings. The number of para-hydroxylation sites is 1. The van der Waals surface area contributed by atoms with E-state index in [1.165, 1.54) is 63.4 Å². The zero-order chi connectivity index (χ0) is 15.2. The molecule has 2 aliphatic carbocycles. The van der Waals surface area contributed by atoms with E-state index in [9.17, 15) is 0 Å². The summed E-state index contributed by atoms with van der Waals surface area (Å²) in [6.45, 7) is 3.26. The van der Waals surface area contributed by atoms with Gasteiger partial charge in [-0.3, -0.25) is 0 Å². The van der Waals surface area contributed by atoms with E-state index in [0.29, 0.717) is 12.1 Å². The lowest BCUT2D eigenvalue weighted by Crippen LogP contribution is -2.29. The van der Waals surface area contributed by atoms with Crippen molar-refractivity contribution in [1.29, 1.82) is 0 Å². The first-order valence-corrected chi connectivity index (χ1v) is 9.29. The van der Waals surface area contributed by atoms with Crippen LogP contribution in [0, 0.1) is 5.92 Å². The Hall–Kier alpha value is -1.02. The van der Waals surface area contributed by atoms with Gasteiger partial charge in [0.25, 0.3) is 0 Å². The summed E-state index contributed by atoms with van der Waals surface area (Å²) in [5.74, 6) is 2.03. The molecule has 2 saturated carbocycles. The van der Waals surface area contributed by atoms with Gasteiger partial charge < -0.3 is 10.1 Å². The summed E-state index contributed by atoms with van der Waals surface area (Å²) in [7, 11) is 0. The molecule has 2 nitrogen and oxygen atoms in total. The third kappa shape index (κ3) is 4.49. The topological polar surface area (TPSA) is 21.3 Å². The summed E-state index contributed by atoms with van der Waals surface area (Å²) in [5, 5.41) is 3.72. The van der Waals surface area contributed by atoms with Gasteiger partial charge in [0.2, 0.25) is 0 Å². The van der Waals surface area contributed by atoms with E-state index in [-0.39, 0.29) is 0 Å². The van der Waals surface area contributed by atoms with Crippen molar-refractivity contribution in [2.45, 2.75) is 83.4 Å². The van der Waals surface area contributed by atoms with Crippen LogP contribution in [0.2, 0.25) is 0 Å². The van der Waals surface area contributed by atoms with Crippen LogP contribution in [0.1, 0.15) is 70.3 Å². The van der Waals surface area contributed by atoms with Gasteiger partial charge in [-0.1, -0.05) is 50.3 Å². The maximum Gasteiger partial charge on any atom is 0.124 e. The van der Waals surface area contributed by atoms with E-state index < -0.39 is 0 Å². The van der Waals surface area contributed by atoms with Crippen LogP contribution < -0.4 is 10.1 Å². The van der Waals surface area contributed by atoms with Crippen molar-refractivity contribution in [3.05, 3.63) is 29.8 Å². The van der Waals surface area contributed by atoms with E-state index in [1.54, 1.807) is 0 Å². The Morgan fingerprint density at radius 2 is 1.82 bits per heavy atom. The minimum Gasteiger partial charge on any atom is -0.490 e. The summed E-state index contributed by atoms with van der Waals surface area (Å²) in [6.07, 6.45) is 12.8. The quantitative estimate of drug-likeness (QED) is 0.759. The molecule has 22 heavy (non-hydrogen) atoms. The smallest absolute Gasteiger partial charge is 0.124 e. The molecule has 1 N–H and O–H groups in total. The number of hydrogen-bond donors (Lipinski definition) is 1. The third-order valence-corrected chi connectivity index (χ3v) is 5.37. The maximum atomic E-state index is 6.12. The lowest BCUT2D eigenvalue weighted by atomic mass is 9.85. The van der Waals surface area contributed by atoms with Crippen LogP contribution in [0.25, 0.3) is 0 Å². The van der Waals surface area contributed by atoms with Crippen molar-refractivity contribution in [2.75, 3.05) is 0 Å². The Morgan fingerprint density at radius 1 is 1.05 bits per heavy atom. The minimum absolute atomic E-state index is 0.459. The van der Waals surface area contributed by atoms with Gasteiger partial charge in [0.05, 0.1) is 6.10 Å². The molecular weight excluding hydrogens is 270 g/mol. The molecule has 2 heteroatoms. The van der Waals surface area contributed by atoms with E-state index in [1.807, 2.05) is 0 Å². The largest absolute Gasteiger partial charge is 0.490 e. The Morgan fingerprint density at radius 3 is 2.55 bits per heavy atom. The standard InChI is InChI=1S/C20H31NO/c1-16(14-17-8-3-2-4-9-17)21-15-18-10-5-6-13-20(18)22-19-11-7-12-19/h5-6,10,13,16-17,19,21H,2-4,7-9,11-12,14-15H2,1H3. The Bertz CT molecular complexity index is 449. The molecule has 1 aromatic carbocycles. The lowest BCUT2D eigenvalue weighted by Gasteiger charge is -2.28. The van der Waals surface area contributed by atoms with Crippen LogP contribution in [0.3, 0.4) is 0 Å². The first-order chi connectivity index (χ1) is 10.8. The zero-order valence-electron chi connectivity index (χ0n) is 14.0. The molecule has 1 atom stereocenters. The average molecular weight is 301 g/mol. The number of ether oxygens (including phenoxy) is 1. The van der Waals surface area contributed by atoms with Crippen molar-refractivity contribution in [3.63, 3.8) is 0 Å². The molecular formula is C20H31NO. The molecule has 1 unspecified atom stereocenters. The van der Waals surface area contributed by atoms with Gasteiger partial charge >= 0.3 is 0 Å². The Kier molecular flexibility index (Phi) is 5.77. The third-order valence-electron chi connectivity index (χ3n) is 5.37. The fourth-order valence-electron chi connectivity index (χ4n) is 3.72. The van der Waals surface area contributed by atoms with Crippen molar-refractivity contribution in [2.24, 2.45) is 5.92 Å². The van der Waals surface area contributed by atoms with Crippen LogP contribution in [0.15, 0.2) is 24.3 Å². The van der Waals surface area contributed by atoms with Crippen LogP contribution >= 0.6 is 0 Å². The highest BCUT2D eigenvalue weighted by atomic mass is 16.5. The summed E-state index contributed by atoms with van der Waals surface area (Å²) in [5.41, 5.74) is 1.31. The van der Waals surface area contributed by atoms with Gasteiger partial charge in [-0.05, 0) is 44.6 Å². The van der Waals surface area contributed by atoms with Gasteiger partial charge in [0.1, 0.15) is 5.75 Å². The number of benzene rings is 1. The molecule has 2 aliphatic rings. The molecule has 0 aliphatic heterocycles. The van der Waals surface area contributed by atoms with Crippen molar-refractivity contribution in [3.8, 4) is 5.75 Å². The van der Waals surface area contributed by atoms with Crippen molar-refractivity contribution in [1.82, 2.24) is 5.32 Å². The number of hydrogen-bond acceptors (Lipinski definition) is 2. The molecule has 0 amide bonds. The highest BCUT2D eigenvalue weighted by Gasteiger charge is 2.20. The zero-order valence-corrected chi connectivity index (χ0v) is 14.0. The Balaban J connectivity index is 1.47. The first-order valence-electron chi connectivity index (χ1n) is 9.29. The fraction of sp³-hybridized carbons (Fsp3) is 0.700. The number of nitrogens with one attached hydrogen (secondary N) is 1. The van der Waals surface area contributed by atoms with Crippen LogP contribution in [-0.2, 0) is 6.54 Å². The summed E-state index contributed by atoms with van der Waals surface area (Å²) in [6, 6.07) is 9.13. The van der Waals surface area contributed by atoms with Gasteiger partial charge in [0.15, 0.2) is 0 Å². The second kappa shape index (κ2) is 8.01. The maximum absolute atomic E-state index is 6.12. The molecule has 0 heterocycles. The Labute approximate surface area is 135 Å².